The highest BCUT2D eigenvalue weighted by molar-refractivity contribution is 5.79. The molecule has 5 nitrogen and oxygen atoms in total. The van der Waals surface area contributed by atoms with Crippen molar-refractivity contribution in [1.29, 1.82) is 0 Å². The number of nitrogens with zero attached hydrogens (tertiary/aromatic N) is 1. The Morgan fingerprint density at radius 1 is 1.26 bits per heavy atom. The first kappa shape index (κ1) is 20.2. The van der Waals surface area contributed by atoms with Gasteiger partial charge in [0.2, 0.25) is 0 Å². The van der Waals surface area contributed by atoms with Gasteiger partial charge in [-0.25, -0.2) is 0 Å². The Morgan fingerprint density at radius 3 is 2.74 bits per heavy atom. The molecule has 2 N–H and O–H groups in total. The summed E-state index contributed by atoms with van der Waals surface area (Å²) in [7, 11) is 0. The molecule has 0 saturated carbocycles. The van der Waals surface area contributed by atoms with Crippen molar-refractivity contribution in [2.24, 2.45) is 16.3 Å². The molecule has 1 rings (SSSR count). The fourth-order valence-corrected chi connectivity index (χ4v) is 2.49. The second-order valence-electron chi connectivity index (χ2n) is 7.51. The van der Waals surface area contributed by atoms with Crippen LogP contribution in [-0.4, -0.2) is 52.0 Å². The number of hydrogen-bond acceptors (Lipinski definition) is 3. The first-order valence-corrected chi connectivity index (χ1v) is 9.19. The largest absolute Gasteiger partial charge is 0.381 e. The van der Waals surface area contributed by atoms with E-state index in [0.29, 0.717) is 11.3 Å². The molecule has 0 aromatic carbocycles. The maximum atomic E-state index is 5.71. The second-order valence-corrected chi connectivity index (χ2v) is 7.51. The minimum atomic E-state index is 0.402. The summed E-state index contributed by atoms with van der Waals surface area (Å²) < 4.78 is 11.0. The lowest BCUT2D eigenvalue weighted by atomic mass is 9.91. The molecule has 0 spiro atoms. The number of ether oxygens (including phenoxy) is 2. The summed E-state index contributed by atoms with van der Waals surface area (Å²) in [4.78, 5) is 4.61. The molecular weight excluding hydrogens is 290 g/mol. The van der Waals surface area contributed by atoms with Crippen molar-refractivity contribution in [3.63, 3.8) is 0 Å². The smallest absolute Gasteiger partial charge is 0.191 e. The molecule has 1 heterocycles. The number of hydrogen-bond donors (Lipinski definition) is 2. The van der Waals surface area contributed by atoms with Crippen LogP contribution >= 0.6 is 0 Å². The maximum absolute atomic E-state index is 5.71. The number of rotatable bonds is 10. The van der Waals surface area contributed by atoms with Crippen molar-refractivity contribution >= 4 is 5.96 Å². The zero-order valence-corrected chi connectivity index (χ0v) is 15.6. The number of guanidine groups is 1. The van der Waals surface area contributed by atoms with Crippen molar-refractivity contribution in [3.8, 4) is 0 Å². The van der Waals surface area contributed by atoms with E-state index in [1.165, 1.54) is 12.8 Å². The summed E-state index contributed by atoms with van der Waals surface area (Å²) >= 11 is 0. The zero-order valence-electron chi connectivity index (χ0n) is 15.6. The zero-order chi connectivity index (χ0) is 17.0. The van der Waals surface area contributed by atoms with Crippen molar-refractivity contribution in [3.05, 3.63) is 0 Å². The van der Waals surface area contributed by atoms with Crippen LogP contribution in [0.2, 0.25) is 0 Å². The summed E-state index contributed by atoms with van der Waals surface area (Å²) in [6.07, 6.45) is 4.49. The van der Waals surface area contributed by atoms with Crippen molar-refractivity contribution < 1.29 is 9.47 Å². The Hall–Kier alpha value is -0.810. The molecule has 136 valence electrons. The Kier molecular flexibility index (Phi) is 10.3. The quantitative estimate of drug-likeness (QED) is 0.368. The van der Waals surface area contributed by atoms with E-state index in [0.717, 1.165) is 64.9 Å². The van der Waals surface area contributed by atoms with Crippen molar-refractivity contribution in [2.75, 3.05) is 46.1 Å². The van der Waals surface area contributed by atoms with Gasteiger partial charge in [-0.3, -0.25) is 4.99 Å². The van der Waals surface area contributed by atoms with E-state index >= 15 is 0 Å². The van der Waals surface area contributed by atoms with Gasteiger partial charge in [0, 0.05) is 38.8 Å². The van der Waals surface area contributed by atoms with Crippen LogP contribution < -0.4 is 10.6 Å². The van der Waals surface area contributed by atoms with Gasteiger partial charge in [-0.05, 0) is 38.0 Å². The van der Waals surface area contributed by atoms with Gasteiger partial charge in [0.05, 0.1) is 13.2 Å². The Morgan fingerprint density at radius 2 is 2.09 bits per heavy atom. The third kappa shape index (κ3) is 11.4. The van der Waals surface area contributed by atoms with Crippen LogP contribution in [0.5, 0.6) is 0 Å². The highest BCUT2D eigenvalue weighted by Gasteiger charge is 2.15. The van der Waals surface area contributed by atoms with Crippen LogP contribution in [0.25, 0.3) is 0 Å². The molecule has 0 amide bonds. The summed E-state index contributed by atoms with van der Waals surface area (Å²) in [5, 5.41) is 6.71. The maximum Gasteiger partial charge on any atom is 0.191 e. The topological polar surface area (TPSA) is 54.9 Å². The minimum Gasteiger partial charge on any atom is -0.381 e. The SMILES string of the molecule is CCNC(=NCCCOCC1CCOC1)NCCCC(C)(C)C. The van der Waals surface area contributed by atoms with Crippen LogP contribution in [0.15, 0.2) is 4.99 Å². The summed E-state index contributed by atoms with van der Waals surface area (Å²) in [6.45, 7) is 15.0. The fourth-order valence-electron chi connectivity index (χ4n) is 2.49. The molecule has 0 radical (unpaired) electrons. The predicted octanol–water partition coefficient (Wildman–Crippen LogP) is 2.81. The lowest BCUT2D eigenvalue weighted by Gasteiger charge is -2.18. The third-order valence-corrected chi connectivity index (χ3v) is 3.83. The molecule has 0 aliphatic carbocycles. The molecule has 1 aliphatic heterocycles. The van der Waals surface area contributed by atoms with Crippen molar-refractivity contribution in [1.82, 2.24) is 10.6 Å². The lowest BCUT2D eigenvalue weighted by molar-refractivity contribution is 0.0893. The van der Waals surface area contributed by atoms with E-state index in [-0.39, 0.29) is 0 Å². The van der Waals surface area contributed by atoms with E-state index in [1.54, 1.807) is 0 Å². The molecular formula is C18H37N3O2. The lowest BCUT2D eigenvalue weighted by Crippen LogP contribution is -2.38. The van der Waals surface area contributed by atoms with Crippen LogP contribution in [0, 0.1) is 11.3 Å². The molecule has 5 heteroatoms. The molecule has 1 aliphatic rings. The van der Waals surface area contributed by atoms with E-state index in [2.05, 4.69) is 43.3 Å². The Bertz CT molecular complexity index is 321. The van der Waals surface area contributed by atoms with Gasteiger partial charge >= 0.3 is 0 Å². The minimum absolute atomic E-state index is 0.402. The van der Waals surface area contributed by atoms with Gasteiger partial charge in [0.1, 0.15) is 0 Å². The fraction of sp³-hybridized carbons (Fsp3) is 0.944. The second kappa shape index (κ2) is 11.7. The van der Waals surface area contributed by atoms with Crippen LogP contribution in [0.1, 0.15) is 53.4 Å². The first-order chi connectivity index (χ1) is 11.0. The van der Waals surface area contributed by atoms with Crippen molar-refractivity contribution in [2.45, 2.75) is 53.4 Å². The summed E-state index contributed by atoms with van der Waals surface area (Å²) in [5.41, 5.74) is 0.402. The van der Waals surface area contributed by atoms with E-state index in [1.807, 2.05) is 0 Å². The number of nitrogens with one attached hydrogen (secondary N) is 2. The molecule has 1 unspecified atom stereocenters. The molecule has 23 heavy (non-hydrogen) atoms. The molecule has 1 fully saturated rings. The highest BCUT2D eigenvalue weighted by atomic mass is 16.5. The van der Waals surface area contributed by atoms with Gasteiger partial charge in [-0.2, -0.15) is 0 Å². The molecule has 1 saturated heterocycles. The molecule has 0 aromatic rings. The van der Waals surface area contributed by atoms with Gasteiger partial charge < -0.3 is 20.1 Å². The van der Waals surface area contributed by atoms with Gasteiger partial charge in [0.15, 0.2) is 5.96 Å². The Labute approximate surface area is 142 Å². The number of aliphatic imine (C=N–C) groups is 1. The third-order valence-electron chi connectivity index (χ3n) is 3.83. The average molecular weight is 328 g/mol. The summed E-state index contributed by atoms with van der Waals surface area (Å²) in [6, 6.07) is 0. The molecule has 0 aromatic heterocycles. The Balaban J connectivity index is 2.08. The van der Waals surface area contributed by atoms with Crippen LogP contribution in [0.4, 0.5) is 0 Å². The average Bonchev–Trinajstić information content (AvgIpc) is 2.99. The van der Waals surface area contributed by atoms with E-state index in [9.17, 15) is 0 Å². The van der Waals surface area contributed by atoms with Gasteiger partial charge in [-0.15, -0.1) is 0 Å². The van der Waals surface area contributed by atoms with Gasteiger partial charge in [0.25, 0.3) is 0 Å². The normalized spacial score (nSPS) is 19.1. The molecule has 1 atom stereocenters. The predicted molar refractivity (Wildman–Crippen MR) is 97.0 cm³/mol. The van der Waals surface area contributed by atoms with E-state index in [4.69, 9.17) is 9.47 Å². The summed E-state index contributed by atoms with van der Waals surface area (Å²) in [5.74, 6) is 1.52. The van der Waals surface area contributed by atoms with Crippen LogP contribution in [-0.2, 0) is 9.47 Å². The van der Waals surface area contributed by atoms with Crippen LogP contribution in [0.3, 0.4) is 0 Å². The monoisotopic (exact) mass is 327 g/mol. The van der Waals surface area contributed by atoms with Gasteiger partial charge in [-0.1, -0.05) is 20.8 Å². The van der Waals surface area contributed by atoms with E-state index < -0.39 is 0 Å². The standard InChI is InChI=1S/C18H37N3O2/c1-5-19-17(20-10-6-9-18(2,3)4)21-11-7-12-22-14-16-8-13-23-15-16/h16H,5-15H2,1-4H3,(H2,19,20,21). The first-order valence-electron chi connectivity index (χ1n) is 9.19. The molecule has 0 bridgehead atoms. The highest BCUT2D eigenvalue weighted by Crippen LogP contribution is 2.19.